The topological polar surface area (TPSA) is 24.1 Å². The molecule has 2 nitrogen and oxygen atoms in total. The van der Waals surface area contributed by atoms with Crippen LogP contribution in [0.2, 0.25) is 0 Å². The molecule has 0 radical (unpaired) electrons. The SMILES string of the molecule is CC(C)(C)C1=CC(CP(C(C)(C)C)C(C)(C)C)=C(C(P)(C2CCCN2)C2CCCN2)C1. The molecule has 4 heteroatoms. The molecule has 31 heavy (non-hydrogen) atoms. The molecular weight excluding hydrogens is 414 g/mol. The molecule has 2 N–H and O–H groups in total. The van der Waals surface area contributed by atoms with Crippen molar-refractivity contribution < 1.29 is 0 Å². The van der Waals surface area contributed by atoms with Crippen molar-refractivity contribution in [3.05, 3.63) is 22.8 Å². The van der Waals surface area contributed by atoms with Gasteiger partial charge in [0.15, 0.2) is 0 Å². The van der Waals surface area contributed by atoms with Crippen LogP contribution in [0.3, 0.4) is 0 Å². The number of rotatable bonds is 5. The fraction of sp³-hybridized carbons (Fsp3) is 0.852. The Kier molecular flexibility index (Phi) is 7.62. The summed E-state index contributed by atoms with van der Waals surface area (Å²) >= 11 is 0. The fourth-order valence-electron chi connectivity index (χ4n) is 6.21. The molecule has 0 saturated carbocycles. The van der Waals surface area contributed by atoms with Crippen LogP contribution in [-0.2, 0) is 0 Å². The molecule has 0 bridgehead atoms. The second kappa shape index (κ2) is 9.13. The molecule has 3 aliphatic rings. The van der Waals surface area contributed by atoms with E-state index in [0.29, 0.717) is 22.4 Å². The minimum absolute atomic E-state index is 0.128. The van der Waals surface area contributed by atoms with Gasteiger partial charge in [0.05, 0.1) is 0 Å². The van der Waals surface area contributed by atoms with Gasteiger partial charge in [0.25, 0.3) is 0 Å². The first kappa shape index (κ1) is 25.9. The molecule has 0 aromatic heterocycles. The van der Waals surface area contributed by atoms with Gasteiger partial charge in [0.2, 0.25) is 0 Å². The number of hydrogen-bond acceptors (Lipinski definition) is 2. The van der Waals surface area contributed by atoms with Crippen LogP contribution in [0.1, 0.15) is 94.4 Å². The zero-order valence-corrected chi connectivity index (χ0v) is 24.0. The molecule has 3 unspecified atom stereocenters. The van der Waals surface area contributed by atoms with E-state index >= 15 is 0 Å². The standard InChI is InChI=1S/C27H50N2P2/c1-24(2,3)20-16-19(18-31(25(4,5)6)26(7,8)9)21(17-20)27(30,22-12-10-14-28-22)23-13-11-15-29-23/h16,22-23,28-29H,10-15,17-18,30H2,1-9H3. The number of hydrogen-bond donors (Lipinski definition) is 2. The third-order valence-electron chi connectivity index (χ3n) is 7.81. The maximum absolute atomic E-state index is 3.93. The van der Waals surface area contributed by atoms with Crippen LogP contribution in [0.4, 0.5) is 0 Å². The lowest BCUT2D eigenvalue weighted by Crippen LogP contribution is -2.56. The number of allylic oxidation sites excluding steroid dienone is 3. The summed E-state index contributed by atoms with van der Waals surface area (Å²) in [6.45, 7) is 24.4. The minimum Gasteiger partial charge on any atom is -0.313 e. The quantitative estimate of drug-likeness (QED) is 0.435. The van der Waals surface area contributed by atoms with Crippen molar-refractivity contribution in [2.24, 2.45) is 5.41 Å². The van der Waals surface area contributed by atoms with Crippen molar-refractivity contribution in [1.29, 1.82) is 0 Å². The second-order valence-electron chi connectivity index (χ2n) is 13.3. The van der Waals surface area contributed by atoms with Gasteiger partial charge in [-0.25, -0.2) is 0 Å². The van der Waals surface area contributed by atoms with Crippen molar-refractivity contribution in [1.82, 2.24) is 10.6 Å². The first-order chi connectivity index (χ1) is 14.1. The molecule has 178 valence electrons. The van der Waals surface area contributed by atoms with Crippen LogP contribution in [0.15, 0.2) is 22.8 Å². The monoisotopic (exact) mass is 464 g/mol. The van der Waals surface area contributed by atoms with Crippen molar-refractivity contribution in [2.75, 3.05) is 19.3 Å². The summed E-state index contributed by atoms with van der Waals surface area (Å²) in [7, 11) is 3.29. The van der Waals surface area contributed by atoms with Gasteiger partial charge in [-0.1, -0.05) is 81.9 Å². The van der Waals surface area contributed by atoms with Crippen LogP contribution in [0.25, 0.3) is 0 Å². The molecule has 2 aliphatic heterocycles. The van der Waals surface area contributed by atoms with Gasteiger partial charge in [0, 0.05) is 17.2 Å². The van der Waals surface area contributed by atoms with E-state index in [1.54, 1.807) is 16.7 Å². The molecule has 0 spiro atoms. The summed E-state index contributed by atoms with van der Waals surface area (Å²) in [4.78, 5) is 0. The zero-order valence-electron chi connectivity index (χ0n) is 21.9. The van der Waals surface area contributed by atoms with Crippen molar-refractivity contribution in [3.8, 4) is 0 Å². The van der Waals surface area contributed by atoms with Crippen LogP contribution in [0.5, 0.6) is 0 Å². The van der Waals surface area contributed by atoms with Gasteiger partial charge in [-0.2, -0.15) is 0 Å². The largest absolute Gasteiger partial charge is 0.313 e. The van der Waals surface area contributed by atoms with Gasteiger partial charge < -0.3 is 10.6 Å². The highest BCUT2D eigenvalue weighted by molar-refractivity contribution is 7.61. The molecule has 2 fully saturated rings. The lowest BCUT2D eigenvalue weighted by molar-refractivity contribution is 0.377. The molecule has 1 aliphatic carbocycles. The van der Waals surface area contributed by atoms with Crippen LogP contribution < -0.4 is 10.6 Å². The number of nitrogens with one attached hydrogen (secondary N) is 2. The Morgan fingerprint density at radius 3 is 1.71 bits per heavy atom. The smallest absolute Gasteiger partial charge is 0.0370 e. The minimum atomic E-state index is -0.159. The molecule has 3 rings (SSSR count). The summed E-state index contributed by atoms with van der Waals surface area (Å²) in [5.74, 6) is 0. The van der Waals surface area contributed by atoms with Gasteiger partial charge >= 0.3 is 0 Å². The lowest BCUT2D eigenvalue weighted by atomic mass is 9.77. The molecule has 2 heterocycles. The third-order valence-corrected chi connectivity index (χ3v) is 12.9. The van der Waals surface area contributed by atoms with Gasteiger partial charge in [-0.3, -0.25) is 0 Å². The van der Waals surface area contributed by atoms with Gasteiger partial charge in [0.1, 0.15) is 0 Å². The Morgan fingerprint density at radius 1 is 0.871 bits per heavy atom. The van der Waals surface area contributed by atoms with E-state index in [1.807, 2.05) is 0 Å². The van der Waals surface area contributed by atoms with Gasteiger partial charge in [-0.05, 0) is 78.2 Å². The predicted molar refractivity (Wildman–Crippen MR) is 145 cm³/mol. The Labute approximate surface area is 197 Å². The Balaban J connectivity index is 2.09. The summed E-state index contributed by atoms with van der Waals surface area (Å²) in [5, 5.41) is 8.68. The van der Waals surface area contributed by atoms with E-state index in [4.69, 9.17) is 0 Å². The Morgan fingerprint density at radius 2 is 1.35 bits per heavy atom. The summed E-state index contributed by atoms with van der Waals surface area (Å²) in [5.41, 5.74) is 5.29. The van der Waals surface area contributed by atoms with Crippen LogP contribution >= 0.6 is 17.2 Å². The second-order valence-corrected chi connectivity index (χ2v) is 18.1. The van der Waals surface area contributed by atoms with E-state index in [2.05, 4.69) is 88.3 Å². The first-order valence-corrected chi connectivity index (χ1v) is 14.7. The highest BCUT2D eigenvalue weighted by Crippen LogP contribution is 2.62. The van der Waals surface area contributed by atoms with Crippen molar-refractivity contribution in [2.45, 2.75) is 122 Å². The maximum Gasteiger partial charge on any atom is 0.0370 e. The highest BCUT2D eigenvalue weighted by atomic mass is 31.1. The van der Waals surface area contributed by atoms with Crippen LogP contribution in [-0.4, -0.2) is 46.8 Å². The predicted octanol–water partition coefficient (Wildman–Crippen LogP) is 6.86. The lowest BCUT2D eigenvalue weighted by Gasteiger charge is -2.45. The molecule has 0 aromatic rings. The van der Waals surface area contributed by atoms with E-state index in [0.717, 1.165) is 6.42 Å². The summed E-state index contributed by atoms with van der Waals surface area (Å²) in [6.07, 6.45) is 10.3. The highest BCUT2D eigenvalue weighted by Gasteiger charge is 2.49. The summed E-state index contributed by atoms with van der Waals surface area (Å²) < 4.78 is 0. The summed E-state index contributed by atoms with van der Waals surface area (Å²) in [6, 6.07) is 1.14. The van der Waals surface area contributed by atoms with E-state index in [1.165, 1.54) is 44.9 Å². The Hall–Kier alpha value is 0.260. The Bertz CT molecular complexity index is 673. The van der Waals surface area contributed by atoms with E-state index < -0.39 is 0 Å². The average Bonchev–Trinajstić information content (AvgIpc) is 3.38. The average molecular weight is 465 g/mol. The molecule has 0 aromatic carbocycles. The van der Waals surface area contributed by atoms with E-state index in [9.17, 15) is 0 Å². The molecular formula is C27H50N2P2. The molecule has 3 atom stereocenters. The van der Waals surface area contributed by atoms with E-state index in [-0.39, 0.29) is 18.5 Å². The maximum atomic E-state index is 3.93. The zero-order chi connectivity index (χ0) is 23.2. The van der Waals surface area contributed by atoms with Crippen LogP contribution in [0, 0.1) is 5.41 Å². The third kappa shape index (κ3) is 5.50. The van der Waals surface area contributed by atoms with Crippen molar-refractivity contribution in [3.63, 3.8) is 0 Å². The first-order valence-electron chi connectivity index (χ1n) is 12.6. The van der Waals surface area contributed by atoms with Crippen molar-refractivity contribution >= 4 is 17.2 Å². The van der Waals surface area contributed by atoms with Gasteiger partial charge in [-0.15, -0.1) is 9.24 Å². The molecule has 0 amide bonds. The normalized spacial score (nSPS) is 27.9. The molecule has 2 saturated heterocycles. The fourth-order valence-corrected chi connectivity index (χ4v) is 10.6.